The van der Waals surface area contributed by atoms with Gasteiger partial charge < -0.3 is 9.47 Å². The van der Waals surface area contributed by atoms with Gasteiger partial charge in [-0.2, -0.15) is 13.2 Å². The summed E-state index contributed by atoms with van der Waals surface area (Å²) in [5.41, 5.74) is -0.370. The van der Waals surface area contributed by atoms with Crippen LogP contribution in [0.4, 0.5) is 13.2 Å². The number of esters is 1. The first-order chi connectivity index (χ1) is 22.2. The average molecular weight is 686 g/mol. The highest BCUT2D eigenvalue weighted by atomic mass is 35.5. The van der Waals surface area contributed by atoms with Crippen LogP contribution in [0, 0.1) is 17.8 Å². The van der Waals surface area contributed by atoms with Crippen LogP contribution >= 0.6 is 11.6 Å². The minimum atomic E-state index is -4.64. The lowest BCUT2D eigenvalue weighted by Gasteiger charge is -2.24. The Balaban J connectivity index is 1.36. The third-order valence-corrected chi connectivity index (χ3v) is 10.4. The van der Waals surface area contributed by atoms with E-state index < -0.39 is 49.1 Å². The molecule has 8 nitrogen and oxygen atoms in total. The van der Waals surface area contributed by atoms with Gasteiger partial charge in [0.05, 0.1) is 30.0 Å². The van der Waals surface area contributed by atoms with Crippen LogP contribution in [0.2, 0.25) is 30.7 Å². The summed E-state index contributed by atoms with van der Waals surface area (Å²) in [6.45, 7) is 6.90. The molecule has 1 heterocycles. The Bertz CT molecular complexity index is 1810. The molecule has 0 N–H and O–H groups in total. The van der Waals surface area contributed by atoms with Crippen LogP contribution in [0.3, 0.4) is 0 Å². The second-order valence-corrected chi connectivity index (χ2v) is 19.1. The van der Waals surface area contributed by atoms with Crippen molar-refractivity contribution in [2.75, 3.05) is 6.61 Å². The van der Waals surface area contributed by atoms with Gasteiger partial charge in [0.2, 0.25) is 0 Å². The molecule has 1 fully saturated rings. The lowest BCUT2D eigenvalue weighted by molar-refractivity contribution is -0.150. The first-order valence-corrected chi connectivity index (χ1v) is 19.4. The largest absolute Gasteiger partial charge is 0.489 e. The van der Waals surface area contributed by atoms with Crippen molar-refractivity contribution in [1.82, 2.24) is 15.0 Å². The third-order valence-electron chi connectivity index (χ3n) is 8.41. The lowest BCUT2D eigenvalue weighted by atomic mass is 9.84. The van der Waals surface area contributed by atoms with Gasteiger partial charge in [-0.1, -0.05) is 48.6 Å². The molecule has 0 spiro atoms. The maximum absolute atomic E-state index is 13.8. The smallest absolute Gasteiger partial charge is 0.416 e. The van der Waals surface area contributed by atoms with Gasteiger partial charge in [-0.3, -0.25) is 14.4 Å². The maximum Gasteiger partial charge on any atom is 0.416 e. The molecule has 1 aliphatic carbocycles. The van der Waals surface area contributed by atoms with Crippen LogP contribution in [0.25, 0.3) is 10.9 Å². The molecule has 1 aromatic heterocycles. The molecule has 0 aliphatic heterocycles. The fraction of sp³-hybridized carbons (Fsp3) is 0.382. The molecule has 3 unspecified atom stereocenters. The normalized spacial score (nSPS) is 18.3. The van der Waals surface area contributed by atoms with Crippen molar-refractivity contribution in [2.45, 2.75) is 57.9 Å². The van der Waals surface area contributed by atoms with E-state index in [1.165, 1.54) is 0 Å². The van der Waals surface area contributed by atoms with E-state index in [1.54, 1.807) is 36.4 Å². The van der Waals surface area contributed by atoms with Gasteiger partial charge in [-0.15, -0.1) is 5.10 Å². The standard InChI is InChI=1S/C34H35ClF3N3O5Si/c1-47(2,3)17-16-45-33(44)30-23(19-41-32(43)28-18-24(34(36,37)38)9-15-29(28)39-40-41)8-14-27(30)31(42)22-6-12-26(13-7-22)46-20-21-4-10-25(35)11-5-21/h4-7,9-13,15,18,23,27,30H,8,14,16-17,19-20H2,1-3H3. The molecule has 47 heavy (non-hydrogen) atoms. The number of hydrogen-bond acceptors (Lipinski definition) is 7. The van der Waals surface area contributed by atoms with Gasteiger partial charge in [0.15, 0.2) is 5.78 Å². The Labute approximate surface area is 275 Å². The van der Waals surface area contributed by atoms with E-state index >= 15 is 0 Å². The van der Waals surface area contributed by atoms with Gasteiger partial charge in [0, 0.05) is 24.6 Å². The number of carbonyl (C=O) groups excluding carboxylic acids is 2. The first kappa shape index (κ1) is 34.3. The zero-order chi connectivity index (χ0) is 33.9. The highest BCUT2D eigenvalue weighted by Gasteiger charge is 2.46. The molecule has 1 aliphatic rings. The van der Waals surface area contributed by atoms with Crippen molar-refractivity contribution in [3.05, 3.63) is 98.8 Å². The highest BCUT2D eigenvalue weighted by Crippen LogP contribution is 2.41. The minimum absolute atomic E-state index is 0.0293. The number of nitrogens with zero attached hydrogens (tertiary/aromatic N) is 3. The van der Waals surface area contributed by atoms with Crippen LogP contribution < -0.4 is 10.3 Å². The van der Waals surface area contributed by atoms with Crippen molar-refractivity contribution in [3.8, 4) is 5.75 Å². The molecule has 1 saturated carbocycles. The van der Waals surface area contributed by atoms with Gasteiger partial charge in [0.1, 0.15) is 17.9 Å². The van der Waals surface area contributed by atoms with Gasteiger partial charge in [0.25, 0.3) is 5.56 Å². The van der Waals surface area contributed by atoms with Crippen LogP contribution in [0.1, 0.15) is 34.3 Å². The topological polar surface area (TPSA) is 100 Å². The highest BCUT2D eigenvalue weighted by molar-refractivity contribution is 6.76. The van der Waals surface area contributed by atoms with E-state index in [0.717, 1.165) is 34.5 Å². The Morgan fingerprint density at radius 3 is 2.36 bits per heavy atom. The van der Waals surface area contributed by atoms with Gasteiger partial charge >= 0.3 is 12.1 Å². The fourth-order valence-corrected chi connectivity index (χ4v) is 6.60. The number of ether oxygens (including phenoxy) is 2. The summed E-state index contributed by atoms with van der Waals surface area (Å²) in [5.74, 6) is -2.34. The van der Waals surface area contributed by atoms with E-state index in [1.807, 2.05) is 12.1 Å². The molecule has 0 bridgehead atoms. The summed E-state index contributed by atoms with van der Waals surface area (Å²) in [6.07, 6.45) is -3.87. The number of aromatic nitrogens is 3. The second-order valence-electron chi connectivity index (χ2n) is 13.1. The predicted molar refractivity (Wildman–Crippen MR) is 174 cm³/mol. The molecular weight excluding hydrogens is 651 g/mol. The summed E-state index contributed by atoms with van der Waals surface area (Å²) >= 11 is 5.94. The third kappa shape index (κ3) is 8.47. The number of hydrogen-bond donors (Lipinski definition) is 0. The van der Waals surface area contributed by atoms with E-state index in [0.29, 0.717) is 35.8 Å². The molecular formula is C34H35ClF3N3O5Si. The molecule has 13 heteroatoms. The maximum atomic E-state index is 13.8. The summed E-state index contributed by atoms with van der Waals surface area (Å²) < 4.78 is 52.6. The minimum Gasteiger partial charge on any atom is -0.489 e. The number of alkyl halides is 3. The fourth-order valence-electron chi connectivity index (χ4n) is 5.76. The summed E-state index contributed by atoms with van der Waals surface area (Å²) in [4.78, 5) is 40.7. The van der Waals surface area contributed by atoms with Crippen molar-refractivity contribution in [2.24, 2.45) is 17.8 Å². The van der Waals surface area contributed by atoms with E-state index in [9.17, 15) is 27.6 Å². The Morgan fingerprint density at radius 2 is 1.70 bits per heavy atom. The summed E-state index contributed by atoms with van der Waals surface area (Å²) in [5, 5.41) is 8.30. The molecule has 248 valence electrons. The molecule has 0 saturated heterocycles. The Kier molecular flexibility index (Phi) is 10.2. The zero-order valence-electron chi connectivity index (χ0n) is 26.2. The number of ketones is 1. The number of benzene rings is 3. The summed E-state index contributed by atoms with van der Waals surface area (Å²) in [7, 11) is -1.53. The Hall–Kier alpha value is -4.03. The summed E-state index contributed by atoms with van der Waals surface area (Å²) in [6, 6.07) is 17.4. The van der Waals surface area contributed by atoms with Crippen molar-refractivity contribution in [3.63, 3.8) is 0 Å². The van der Waals surface area contributed by atoms with Crippen LogP contribution in [-0.2, 0) is 28.9 Å². The molecule has 0 radical (unpaired) electrons. The molecule has 5 rings (SSSR count). The van der Waals surface area contributed by atoms with Crippen molar-refractivity contribution in [1.29, 1.82) is 0 Å². The monoisotopic (exact) mass is 685 g/mol. The number of halogens is 4. The van der Waals surface area contributed by atoms with Crippen LogP contribution in [-0.4, -0.2) is 41.4 Å². The van der Waals surface area contributed by atoms with Crippen molar-refractivity contribution < 1.29 is 32.2 Å². The number of carbonyl (C=O) groups is 2. The second kappa shape index (κ2) is 14.0. The van der Waals surface area contributed by atoms with Crippen LogP contribution in [0.15, 0.2) is 71.5 Å². The van der Waals surface area contributed by atoms with E-state index in [2.05, 4.69) is 30.0 Å². The average Bonchev–Trinajstić information content (AvgIpc) is 3.44. The number of fused-ring (bicyclic) bond motifs is 1. The quantitative estimate of drug-likeness (QED) is 0.0919. The SMILES string of the molecule is C[Si](C)(C)CCOC(=O)C1C(Cn2nnc3ccc(C(F)(F)F)cc3c2=O)CCC1C(=O)c1ccc(OCc2ccc(Cl)cc2)cc1. The van der Waals surface area contributed by atoms with Gasteiger partial charge in [-0.25, -0.2) is 4.68 Å². The molecule has 3 aromatic carbocycles. The van der Waals surface area contributed by atoms with Crippen molar-refractivity contribution >= 4 is 42.3 Å². The van der Waals surface area contributed by atoms with Gasteiger partial charge in [-0.05, 0) is 85.0 Å². The van der Waals surface area contributed by atoms with E-state index in [4.69, 9.17) is 21.1 Å². The molecule has 4 aromatic rings. The zero-order valence-corrected chi connectivity index (χ0v) is 28.0. The Morgan fingerprint density at radius 1 is 1.00 bits per heavy atom. The lowest BCUT2D eigenvalue weighted by Crippen LogP contribution is -2.36. The van der Waals surface area contributed by atoms with E-state index in [-0.39, 0.29) is 29.8 Å². The first-order valence-electron chi connectivity index (χ1n) is 15.3. The van der Waals surface area contributed by atoms with Crippen LogP contribution in [0.5, 0.6) is 5.75 Å². The predicted octanol–water partition coefficient (Wildman–Crippen LogP) is 7.45. The molecule has 0 amide bonds. The molecule has 3 atom stereocenters. The number of Topliss-reactive ketones (excluding diaryl/α,β-unsaturated/α-hetero) is 1. The number of rotatable bonds is 11.